The molecule has 108 valence electrons. The van der Waals surface area contributed by atoms with Crippen LogP contribution in [0.5, 0.6) is 0 Å². The Hall–Kier alpha value is -0.550. The highest BCUT2D eigenvalue weighted by molar-refractivity contribution is 7.99. The van der Waals surface area contributed by atoms with Gasteiger partial charge >= 0.3 is 0 Å². The molecule has 1 aliphatic carbocycles. The zero-order valence-electron chi connectivity index (χ0n) is 12.5. The highest BCUT2D eigenvalue weighted by Gasteiger charge is 2.36. The summed E-state index contributed by atoms with van der Waals surface area (Å²) in [5.41, 5.74) is 6.73. The second-order valence-corrected chi connectivity index (χ2v) is 7.54. The van der Waals surface area contributed by atoms with Gasteiger partial charge in [-0.3, -0.25) is 0 Å². The molecule has 2 N–H and O–H groups in total. The van der Waals surface area contributed by atoms with Gasteiger partial charge in [0, 0.05) is 18.3 Å². The highest BCUT2D eigenvalue weighted by atomic mass is 32.2. The van der Waals surface area contributed by atoms with Crippen molar-refractivity contribution in [2.24, 2.45) is 24.1 Å². The van der Waals surface area contributed by atoms with Crippen LogP contribution in [0.15, 0.2) is 11.5 Å². The molecule has 1 saturated carbocycles. The van der Waals surface area contributed by atoms with Crippen LogP contribution in [-0.2, 0) is 7.05 Å². The molecule has 1 aliphatic rings. The Labute approximate surface area is 120 Å². The third-order valence-electron chi connectivity index (χ3n) is 4.79. The van der Waals surface area contributed by atoms with Gasteiger partial charge in [0.05, 0.1) is 0 Å². The number of hydrogen-bond donors (Lipinski definition) is 1. The van der Waals surface area contributed by atoms with Gasteiger partial charge in [0.2, 0.25) is 0 Å². The Morgan fingerprint density at radius 3 is 2.79 bits per heavy atom. The Morgan fingerprint density at radius 2 is 2.21 bits per heavy atom. The van der Waals surface area contributed by atoms with E-state index in [4.69, 9.17) is 5.73 Å². The predicted molar refractivity (Wildman–Crippen MR) is 80.0 cm³/mol. The minimum absolute atomic E-state index is 0.283. The van der Waals surface area contributed by atoms with Gasteiger partial charge in [0.15, 0.2) is 5.16 Å². The molecule has 19 heavy (non-hydrogen) atoms. The standard InChI is InChI=1S/C14H26N4S/c1-5-14(2,3)10-6-7-11(15)12(8-10)19-13-16-9-17-18(13)4/h9-12H,5-8,15H2,1-4H3. The average molecular weight is 282 g/mol. The number of aromatic nitrogens is 3. The molecule has 0 radical (unpaired) electrons. The third-order valence-corrected chi connectivity index (χ3v) is 6.21. The summed E-state index contributed by atoms with van der Waals surface area (Å²) in [4.78, 5) is 4.31. The van der Waals surface area contributed by atoms with Gasteiger partial charge in [-0.05, 0) is 30.6 Å². The molecular weight excluding hydrogens is 256 g/mol. The first-order chi connectivity index (χ1) is 8.94. The van der Waals surface area contributed by atoms with Crippen LogP contribution in [0.1, 0.15) is 46.5 Å². The molecule has 2 rings (SSSR count). The van der Waals surface area contributed by atoms with Crippen molar-refractivity contribution in [3.63, 3.8) is 0 Å². The molecule has 1 aromatic rings. The van der Waals surface area contributed by atoms with Gasteiger partial charge in [0.25, 0.3) is 0 Å². The van der Waals surface area contributed by atoms with E-state index in [-0.39, 0.29) is 6.04 Å². The van der Waals surface area contributed by atoms with Crippen molar-refractivity contribution >= 4 is 11.8 Å². The smallest absolute Gasteiger partial charge is 0.186 e. The lowest BCUT2D eigenvalue weighted by molar-refractivity contribution is 0.148. The molecule has 0 aliphatic heterocycles. The fraction of sp³-hybridized carbons (Fsp3) is 0.857. The third kappa shape index (κ3) is 3.31. The zero-order chi connectivity index (χ0) is 14.0. The maximum absolute atomic E-state index is 6.31. The minimum Gasteiger partial charge on any atom is -0.327 e. The highest BCUT2D eigenvalue weighted by Crippen LogP contribution is 2.44. The first-order valence-electron chi connectivity index (χ1n) is 7.20. The Kier molecular flexibility index (Phi) is 4.56. The van der Waals surface area contributed by atoms with Crippen LogP contribution in [-0.4, -0.2) is 26.1 Å². The van der Waals surface area contributed by atoms with Gasteiger partial charge < -0.3 is 5.73 Å². The molecule has 0 spiro atoms. The fourth-order valence-electron chi connectivity index (χ4n) is 2.81. The van der Waals surface area contributed by atoms with E-state index in [1.54, 1.807) is 18.1 Å². The van der Waals surface area contributed by atoms with Crippen molar-refractivity contribution in [2.75, 3.05) is 0 Å². The van der Waals surface area contributed by atoms with Crippen molar-refractivity contribution in [3.05, 3.63) is 6.33 Å². The van der Waals surface area contributed by atoms with Crippen molar-refractivity contribution in [1.29, 1.82) is 0 Å². The van der Waals surface area contributed by atoms with Gasteiger partial charge in [-0.2, -0.15) is 5.10 Å². The summed E-state index contributed by atoms with van der Waals surface area (Å²) in [5, 5.41) is 5.58. The van der Waals surface area contributed by atoms with Crippen LogP contribution < -0.4 is 5.73 Å². The number of aryl methyl sites for hydroxylation is 1. The van der Waals surface area contributed by atoms with Crippen LogP contribution in [0.3, 0.4) is 0 Å². The monoisotopic (exact) mass is 282 g/mol. The zero-order valence-corrected chi connectivity index (χ0v) is 13.3. The summed E-state index contributed by atoms with van der Waals surface area (Å²) >= 11 is 1.80. The lowest BCUT2D eigenvalue weighted by atomic mass is 9.69. The summed E-state index contributed by atoms with van der Waals surface area (Å²) in [5.74, 6) is 0.767. The molecule has 0 bridgehead atoms. The van der Waals surface area contributed by atoms with Crippen LogP contribution >= 0.6 is 11.8 Å². The largest absolute Gasteiger partial charge is 0.327 e. The number of hydrogen-bond acceptors (Lipinski definition) is 4. The molecule has 0 aromatic carbocycles. The van der Waals surface area contributed by atoms with E-state index in [1.165, 1.54) is 19.3 Å². The average Bonchev–Trinajstić information content (AvgIpc) is 2.77. The van der Waals surface area contributed by atoms with Crippen molar-refractivity contribution < 1.29 is 0 Å². The minimum atomic E-state index is 0.283. The molecular formula is C14H26N4S. The summed E-state index contributed by atoms with van der Waals surface area (Å²) in [6.45, 7) is 7.07. The summed E-state index contributed by atoms with van der Waals surface area (Å²) in [7, 11) is 1.94. The Balaban J connectivity index is 2.05. The van der Waals surface area contributed by atoms with Crippen LogP contribution in [0, 0.1) is 11.3 Å². The van der Waals surface area contributed by atoms with E-state index in [2.05, 4.69) is 30.9 Å². The molecule has 0 amide bonds. The molecule has 3 unspecified atom stereocenters. The number of nitrogens with zero attached hydrogens (tertiary/aromatic N) is 3. The molecule has 3 atom stereocenters. The lowest BCUT2D eigenvalue weighted by Crippen LogP contribution is -2.42. The first kappa shape index (κ1) is 14.9. The summed E-state index contributed by atoms with van der Waals surface area (Å²) in [6, 6.07) is 0.283. The molecule has 5 heteroatoms. The maximum atomic E-state index is 6.31. The SMILES string of the molecule is CCC(C)(C)C1CCC(N)C(Sc2ncnn2C)C1. The van der Waals surface area contributed by atoms with Gasteiger partial charge in [-0.15, -0.1) is 0 Å². The van der Waals surface area contributed by atoms with E-state index in [9.17, 15) is 0 Å². The number of thioether (sulfide) groups is 1. The van der Waals surface area contributed by atoms with Gasteiger partial charge in [0.1, 0.15) is 6.33 Å². The van der Waals surface area contributed by atoms with Gasteiger partial charge in [-0.25, -0.2) is 9.67 Å². The van der Waals surface area contributed by atoms with Crippen LogP contribution in [0.25, 0.3) is 0 Å². The maximum Gasteiger partial charge on any atom is 0.186 e. The predicted octanol–water partition coefficient (Wildman–Crippen LogP) is 2.84. The van der Waals surface area contributed by atoms with Crippen molar-refractivity contribution in [1.82, 2.24) is 14.8 Å². The summed E-state index contributed by atoms with van der Waals surface area (Å²) in [6.07, 6.45) is 6.43. The van der Waals surface area contributed by atoms with Crippen LogP contribution in [0.2, 0.25) is 0 Å². The van der Waals surface area contributed by atoms with E-state index in [0.717, 1.165) is 17.5 Å². The van der Waals surface area contributed by atoms with Crippen molar-refractivity contribution in [2.45, 2.75) is 62.9 Å². The van der Waals surface area contributed by atoms with E-state index in [0.29, 0.717) is 10.7 Å². The molecule has 4 nitrogen and oxygen atoms in total. The normalized spacial score (nSPS) is 28.6. The molecule has 1 heterocycles. The van der Waals surface area contributed by atoms with Crippen LogP contribution in [0.4, 0.5) is 0 Å². The first-order valence-corrected chi connectivity index (χ1v) is 8.08. The number of nitrogens with two attached hydrogens (primary N) is 1. The van der Waals surface area contributed by atoms with E-state index < -0.39 is 0 Å². The van der Waals surface area contributed by atoms with E-state index >= 15 is 0 Å². The topological polar surface area (TPSA) is 56.7 Å². The quantitative estimate of drug-likeness (QED) is 0.922. The molecule has 1 fully saturated rings. The lowest BCUT2D eigenvalue weighted by Gasteiger charge is -2.41. The summed E-state index contributed by atoms with van der Waals surface area (Å²) < 4.78 is 1.84. The second kappa shape index (κ2) is 5.83. The Bertz CT molecular complexity index is 415. The molecule has 0 saturated heterocycles. The second-order valence-electron chi connectivity index (χ2n) is 6.34. The van der Waals surface area contributed by atoms with E-state index in [1.807, 2.05) is 11.7 Å². The molecule has 1 aromatic heterocycles. The fourth-order valence-corrected chi connectivity index (χ4v) is 4.03. The van der Waals surface area contributed by atoms with Crippen molar-refractivity contribution in [3.8, 4) is 0 Å². The Morgan fingerprint density at radius 1 is 1.47 bits per heavy atom. The number of rotatable bonds is 4. The van der Waals surface area contributed by atoms with Gasteiger partial charge in [-0.1, -0.05) is 39.0 Å².